The van der Waals surface area contributed by atoms with E-state index in [1.165, 1.54) is 4.90 Å². The average Bonchev–Trinajstić information content (AvgIpc) is 2.30. The number of ether oxygens (including phenoxy) is 1. The number of thioether (sulfide) groups is 1. The highest BCUT2D eigenvalue weighted by Gasteiger charge is 2.15. The third-order valence-corrected chi connectivity index (χ3v) is 3.23. The van der Waals surface area contributed by atoms with E-state index >= 15 is 0 Å². The minimum atomic E-state index is -0.180. The first kappa shape index (κ1) is 13.1. The van der Waals surface area contributed by atoms with Crippen LogP contribution < -0.4 is 0 Å². The Hall–Kier alpha value is -0.960. The van der Waals surface area contributed by atoms with Gasteiger partial charge in [0.05, 0.1) is 12.5 Å². The van der Waals surface area contributed by atoms with Gasteiger partial charge >= 0.3 is 5.97 Å². The Labute approximate surface area is 101 Å². The molecule has 1 atom stereocenters. The summed E-state index contributed by atoms with van der Waals surface area (Å²) in [5.74, 6) is 0.728. The van der Waals surface area contributed by atoms with Crippen LogP contribution in [0.5, 0.6) is 0 Å². The second-order valence-electron chi connectivity index (χ2n) is 3.48. The topological polar surface area (TPSA) is 26.3 Å². The number of hydrogen-bond acceptors (Lipinski definition) is 3. The van der Waals surface area contributed by atoms with Gasteiger partial charge in [0.15, 0.2) is 0 Å². The number of carbonyl (C=O) groups excluding carboxylic acids is 1. The molecule has 0 saturated heterocycles. The van der Waals surface area contributed by atoms with E-state index in [1.54, 1.807) is 11.8 Å². The third-order valence-electron chi connectivity index (χ3n) is 2.33. The van der Waals surface area contributed by atoms with Crippen molar-refractivity contribution < 1.29 is 9.53 Å². The summed E-state index contributed by atoms with van der Waals surface area (Å²) < 4.78 is 4.99. The molecule has 0 radical (unpaired) electrons. The van der Waals surface area contributed by atoms with Gasteiger partial charge in [-0.1, -0.05) is 19.1 Å². The minimum absolute atomic E-state index is 0.154. The molecule has 0 N–H and O–H groups in total. The van der Waals surface area contributed by atoms with E-state index in [9.17, 15) is 4.79 Å². The predicted octanol–water partition coefficient (Wildman–Crippen LogP) is 3.47. The molecule has 0 unspecified atom stereocenters. The summed E-state index contributed by atoms with van der Waals surface area (Å²) in [6.07, 6.45) is 0. The second kappa shape index (κ2) is 6.59. The van der Waals surface area contributed by atoms with Crippen molar-refractivity contribution in [3.8, 4) is 0 Å². The minimum Gasteiger partial charge on any atom is -0.466 e. The standard InChI is InChI=1S/C13H18O2S/c1-4-15-13(14)10(3)11-6-8-12(9-7-11)16-5-2/h6-10H,4-5H2,1-3H3/t10-/m1/s1. The van der Waals surface area contributed by atoms with Gasteiger partial charge in [-0.15, -0.1) is 11.8 Å². The van der Waals surface area contributed by atoms with Gasteiger partial charge in [0.2, 0.25) is 0 Å². The Morgan fingerprint density at radius 3 is 2.44 bits per heavy atom. The molecule has 0 aliphatic carbocycles. The van der Waals surface area contributed by atoms with E-state index in [2.05, 4.69) is 19.1 Å². The average molecular weight is 238 g/mol. The summed E-state index contributed by atoms with van der Waals surface area (Å²) in [4.78, 5) is 12.8. The van der Waals surface area contributed by atoms with Crippen LogP contribution in [0.4, 0.5) is 0 Å². The molecule has 1 aromatic rings. The Balaban J connectivity index is 2.69. The summed E-state index contributed by atoms with van der Waals surface area (Å²) in [5, 5.41) is 0. The number of benzene rings is 1. The highest BCUT2D eigenvalue weighted by atomic mass is 32.2. The van der Waals surface area contributed by atoms with Crippen LogP contribution in [-0.4, -0.2) is 18.3 Å². The second-order valence-corrected chi connectivity index (χ2v) is 4.81. The van der Waals surface area contributed by atoms with Gasteiger partial charge in [-0.05, 0) is 37.3 Å². The number of esters is 1. The first-order chi connectivity index (χ1) is 7.69. The highest BCUT2D eigenvalue weighted by Crippen LogP contribution is 2.22. The van der Waals surface area contributed by atoms with E-state index in [0.717, 1.165) is 11.3 Å². The van der Waals surface area contributed by atoms with Crippen LogP contribution in [-0.2, 0) is 9.53 Å². The number of carbonyl (C=O) groups is 1. The molecule has 16 heavy (non-hydrogen) atoms. The van der Waals surface area contributed by atoms with Crippen molar-refractivity contribution in [1.82, 2.24) is 0 Å². The summed E-state index contributed by atoms with van der Waals surface area (Å²) in [5.41, 5.74) is 1.01. The fourth-order valence-electron chi connectivity index (χ4n) is 1.42. The molecule has 0 spiro atoms. The van der Waals surface area contributed by atoms with Crippen LogP contribution in [0.3, 0.4) is 0 Å². The quantitative estimate of drug-likeness (QED) is 0.580. The fourth-order valence-corrected chi connectivity index (χ4v) is 2.08. The number of rotatable bonds is 5. The molecule has 0 aliphatic heterocycles. The molecule has 0 bridgehead atoms. The van der Waals surface area contributed by atoms with E-state index in [4.69, 9.17) is 4.74 Å². The largest absolute Gasteiger partial charge is 0.466 e. The van der Waals surface area contributed by atoms with Gasteiger partial charge in [-0.3, -0.25) is 4.79 Å². The molecule has 1 rings (SSSR count). The van der Waals surface area contributed by atoms with Gasteiger partial charge < -0.3 is 4.74 Å². The van der Waals surface area contributed by atoms with Crippen molar-refractivity contribution in [1.29, 1.82) is 0 Å². The van der Waals surface area contributed by atoms with E-state index in [1.807, 2.05) is 26.0 Å². The molecule has 0 heterocycles. The van der Waals surface area contributed by atoms with Crippen LogP contribution in [0, 0.1) is 0 Å². The lowest BCUT2D eigenvalue weighted by Gasteiger charge is -2.11. The van der Waals surface area contributed by atoms with Crippen LogP contribution >= 0.6 is 11.8 Å². The molecule has 88 valence electrons. The highest BCUT2D eigenvalue weighted by molar-refractivity contribution is 7.99. The smallest absolute Gasteiger partial charge is 0.313 e. The molecule has 0 aliphatic rings. The Bertz CT molecular complexity index is 332. The van der Waals surface area contributed by atoms with E-state index < -0.39 is 0 Å². The Morgan fingerprint density at radius 2 is 1.94 bits per heavy atom. The van der Waals surface area contributed by atoms with Gasteiger partial charge in [0, 0.05) is 4.90 Å². The number of hydrogen-bond donors (Lipinski definition) is 0. The van der Waals surface area contributed by atoms with Gasteiger partial charge in [-0.2, -0.15) is 0 Å². The van der Waals surface area contributed by atoms with Gasteiger partial charge in [-0.25, -0.2) is 0 Å². The van der Waals surface area contributed by atoms with Gasteiger partial charge in [0.1, 0.15) is 0 Å². The van der Waals surface area contributed by atoms with Crippen LogP contribution in [0.1, 0.15) is 32.3 Å². The lowest BCUT2D eigenvalue weighted by atomic mass is 10.0. The normalized spacial score (nSPS) is 12.2. The van der Waals surface area contributed by atoms with Crippen molar-refractivity contribution in [2.75, 3.05) is 12.4 Å². The molecular weight excluding hydrogens is 220 g/mol. The fraction of sp³-hybridized carbons (Fsp3) is 0.462. The van der Waals surface area contributed by atoms with Gasteiger partial charge in [0.25, 0.3) is 0 Å². The molecule has 0 aromatic heterocycles. The first-order valence-corrected chi connectivity index (χ1v) is 6.57. The maximum atomic E-state index is 11.5. The van der Waals surface area contributed by atoms with Crippen LogP contribution in [0.2, 0.25) is 0 Å². The van der Waals surface area contributed by atoms with Crippen molar-refractivity contribution in [2.45, 2.75) is 31.6 Å². The molecular formula is C13H18O2S. The van der Waals surface area contributed by atoms with Crippen molar-refractivity contribution in [3.05, 3.63) is 29.8 Å². The maximum absolute atomic E-state index is 11.5. The van der Waals surface area contributed by atoms with Crippen molar-refractivity contribution >= 4 is 17.7 Å². The SMILES string of the molecule is CCOC(=O)[C@H](C)c1ccc(SCC)cc1. The third kappa shape index (κ3) is 3.56. The maximum Gasteiger partial charge on any atom is 0.313 e. The molecule has 3 heteroatoms. The van der Waals surface area contributed by atoms with E-state index in [-0.39, 0.29) is 11.9 Å². The van der Waals surface area contributed by atoms with Crippen LogP contribution in [0.15, 0.2) is 29.2 Å². The van der Waals surface area contributed by atoms with Crippen molar-refractivity contribution in [3.63, 3.8) is 0 Å². The Kier molecular flexibility index (Phi) is 5.39. The van der Waals surface area contributed by atoms with E-state index in [0.29, 0.717) is 6.61 Å². The molecule has 1 aromatic carbocycles. The Morgan fingerprint density at radius 1 is 1.31 bits per heavy atom. The predicted molar refractivity (Wildman–Crippen MR) is 67.9 cm³/mol. The van der Waals surface area contributed by atoms with Crippen molar-refractivity contribution in [2.24, 2.45) is 0 Å². The molecule has 2 nitrogen and oxygen atoms in total. The summed E-state index contributed by atoms with van der Waals surface area (Å²) in [7, 11) is 0. The monoisotopic (exact) mass is 238 g/mol. The summed E-state index contributed by atoms with van der Waals surface area (Å²) in [6.45, 7) is 6.26. The lowest BCUT2D eigenvalue weighted by Crippen LogP contribution is -2.12. The zero-order chi connectivity index (χ0) is 12.0. The molecule has 0 saturated carbocycles. The zero-order valence-electron chi connectivity index (χ0n) is 10.0. The van der Waals surface area contributed by atoms with Crippen LogP contribution in [0.25, 0.3) is 0 Å². The summed E-state index contributed by atoms with van der Waals surface area (Å²) in [6, 6.07) is 8.11. The zero-order valence-corrected chi connectivity index (χ0v) is 10.8. The lowest BCUT2D eigenvalue weighted by molar-refractivity contribution is -0.144. The first-order valence-electron chi connectivity index (χ1n) is 5.58. The molecule has 0 fully saturated rings. The summed E-state index contributed by atoms with van der Waals surface area (Å²) >= 11 is 1.80. The molecule has 0 amide bonds.